The van der Waals surface area contributed by atoms with Gasteiger partial charge in [0, 0.05) is 24.9 Å². The van der Waals surface area contributed by atoms with Crippen LogP contribution in [0.1, 0.15) is 23.2 Å². The highest BCUT2D eigenvalue weighted by Crippen LogP contribution is 2.27. The van der Waals surface area contributed by atoms with Crippen LogP contribution in [-0.4, -0.2) is 57.4 Å². The molecular formula is C16H22FN3O4S. The zero-order valence-electron chi connectivity index (χ0n) is 14.0. The second-order valence-electron chi connectivity index (χ2n) is 6.04. The molecule has 0 aromatic heterocycles. The molecule has 1 aliphatic rings. The van der Waals surface area contributed by atoms with Crippen LogP contribution in [0.2, 0.25) is 0 Å². The van der Waals surface area contributed by atoms with Gasteiger partial charge in [0.25, 0.3) is 5.91 Å². The molecule has 1 fully saturated rings. The lowest BCUT2D eigenvalue weighted by Gasteiger charge is -2.34. The van der Waals surface area contributed by atoms with E-state index in [1.807, 2.05) is 0 Å². The van der Waals surface area contributed by atoms with Crippen LogP contribution in [0.5, 0.6) is 0 Å². The number of sulfone groups is 1. The first kappa shape index (κ1) is 19.3. The number of nitrogens with one attached hydrogen (secondary N) is 3. The van der Waals surface area contributed by atoms with Crippen molar-refractivity contribution in [2.75, 3.05) is 32.4 Å². The molecule has 1 aromatic carbocycles. The molecule has 2 amide bonds. The Hall–Kier alpha value is -2.00. The Kier molecular flexibility index (Phi) is 6.12. The van der Waals surface area contributed by atoms with Gasteiger partial charge < -0.3 is 16.0 Å². The summed E-state index contributed by atoms with van der Waals surface area (Å²) < 4.78 is 35.6. The van der Waals surface area contributed by atoms with Crippen molar-refractivity contribution in [1.29, 1.82) is 0 Å². The third kappa shape index (κ3) is 4.55. The topological polar surface area (TPSA) is 104 Å². The van der Waals surface area contributed by atoms with E-state index in [1.165, 1.54) is 24.3 Å². The smallest absolute Gasteiger partial charge is 0.251 e. The minimum Gasteiger partial charge on any atom is -0.353 e. The molecule has 0 unspecified atom stereocenters. The van der Waals surface area contributed by atoms with Crippen molar-refractivity contribution >= 4 is 21.7 Å². The van der Waals surface area contributed by atoms with Gasteiger partial charge >= 0.3 is 0 Å². The van der Waals surface area contributed by atoms with Crippen molar-refractivity contribution in [1.82, 2.24) is 16.0 Å². The quantitative estimate of drug-likeness (QED) is 0.603. The van der Waals surface area contributed by atoms with Crippen LogP contribution in [0, 0.1) is 5.82 Å². The van der Waals surface area contributed by atoms with Gasteiger partial charge in [-0.3, -0.25) is 9.59 Å². The first-order valence-corrected chi connectivity index (χ1v) is 9.88. The van der Waals surface area contributed by atoms with Crippen LogP contribution in [-0.2, 0) is 14.6 Å². The number of carbonyl (C=O) groups excluding carboxylic acids is 2. The standard InChI is InChI=1S/C16H22FN3O4S/c1-25(23,24)16(6-8-18-9-7-16)15(22)20-11-10-19-14(21)12-2-4-13(17)5-3-12/h2-5,18H,6-11H2,1H3,(H,19,21)(H,20,22). The predicted octanol–water partition coefficient (Wildman–Crippen LogP) is -0.161. The molecule has 0 atom stereocenters. The van der Waals surface area contributed by atoms with Crippen molar-refractivity contribution in [3.05, 3.63) is 35.6 Å². The Balaban J connectivity index is 1.87. The molecule has 1 saturated heterocycles. The van der Waals surface area contributed by atoms with Gasteiger partial charge in [0.15, 0.2) is 14.6 Å². The summed E-state index contributed by atoms with van der Waals surface area (Å²) in [5.41, 5.74) is 0.304. The Morgan fingerprint density at radius 2 is 1.68 bits per heavy atom. The Morgan fingerprint density at radius 1 is 1.12 bits per heavy atom. The first-order valence-electron chi connectivity index (χ1n) is 7.99. The third-order valence-electron chi connectivity index (χ3n) is 4.34. The summed E-state index contributed by atoms with van der Waals surface area (Å²) in [5, 5.41) is 8.23. The van der Waals surface area contributed by atoms with Crippen LogP contribution < -0.4 is 16.0 Å². The first-order chi connectivity index (χ1) is 11.8. The van der Waals surface area contributed by atoms with Gasteiger partial charge in [-0.2, -0.15) is 0 Å². The molecule has 25 heavy (non-hydrogen) atoms. The molecule has 1 aromatic rings. The monoisotopic (exact) mass is 371 g/mol. The van der Waals surface area contributed by atoms with Gasteiger partial charge in [0.05, 0.1) is 0 Å². The summed E-state index contributed by atoms with van der Waals surface area (Å²) in [7, 11) is -3.56. The van der Waals surface area contributed by atoms with Crippen molar-refractivity contribution in [2.45, 2.75) is 17.6 Å². The van der Waals surface area contributed by atoms with Crippen molar-refractivity contribution in [3.8, 4) is 0 Å². The lowest BCUT2D eigenvalue weighted by atomic mass is 9.96. The zero-order valence-corrected chi connectivity index (χ0v) is 14.8. The molecule has 1 aliphatic heterocycles. The number of amides is 2. The fraction of sp³-hybridized carbons (Fsp3) is 0.500. The van der Waals surface area contributed by atoms with E-state index >= 15 is 0 Å². The highest BCUT2D eigenvalue weighted by atomic mass is 32.2. The van der Waals surface area contributed by atoms with Gasteiger partial charge in [0.2, 0.25) is 5.91 Å². The Morgan fingerprint density at radius 3 is 2.24 bits per heavy atom. The zero-order chi connectivity index (χ0) is 18.5. The molecular weight excluding hydrogens is 349 g/mol. The number of benzene rings is 1. The normalized spacial score (nSPS) is 16.9. The highest BCUT2D eigenvalue weighted by molar-refractivity contribution is 7.92. The molecule has 9 heteroatoms. The van der Waals surface area contributed by atoms with Gasteiger partial charge in [0.1, 0.15) is 5.82 Å². The average molecular weight is 371 g/mol. The molecule has 0 radical (unpaired) electrons. The number of piperidine rings is 1. The highest BCUT2D eigenvalue weighted by Gasteiger charge is 2.48. The third-order valence-corrected chi connectivity index (χ3v) is 6.35. The van der Waals surface area contributed by atoms with E-state index in [9.17, 15) is 22.4 Å². The molecule has 0 bridgehead atoms. The van der Waals surface area contributed by atoms with E-state index in [0.717, 1.165) is 6.26 Å². The van der Waals surface area contributed by atoms with E-state index in [4.69, 9.17) is 0 Å². The molecule has 0 spiro atoms. The maximum absolute atomic E-state index is 12.8. The van der Waals surface area contributed by atoms with E-state index in [2.05, 4.69) is 16.0 Å². The summed E-state index contributed by atoms with van der Waals surface area (Å²) in [6.07, 6.45) is 1.52. The van der Waals surface area contributed by atoms with Crippen LogP contribution >= 0.6 is 0 Å². The molecule has 138 valence electrons. The van der Waals surface area contributed by atoms with Crippen LogP contribution in [0.4, 0.5) is 4.39 Å². The van der Waals surface area contributed by atoms with Crippen LogP contribution in [0.25, 0.3) is 0 Å². The summed E-state index contributed by atoms with van der Waals surface area (Å²) in [6.45, 7) is 1.17. The summed E-state index contributed by atoms with van der Waals surface area (Å²) >= 11 is 0. The van der Waals surface area contributed by atoms with E-state index in [1.54, 1.807) is 0 Å². The van der Waals surface area contributed by atoms with Crippen LogP contribution in [0.3, 0.4) is 0 Å². The molecule has 1 heterocycles. The Bertz CT molecular complexity index is 728. The second kappa shape index (κ2) is 7.92. The fourth-order valence-electron chi connectivity index (χ4n) is 2.81. The maximum Gasteiger partial charge on any atom is 0.251 e. The van der Waals surface area contributed by atoms with Crippen molar-refractivity contribution in [2.24, 2.45) is 0 Å². The van der Waals surface area contributed by atoms with E-state index < -0.39 is 32.2 Å². The number of halogens is 1. The van der Waals surface area contributed by atoms with Gasteiger partial charge in [-0.25, -0.2) is 12.8 Å². The van der Waals surface area contributed by atoms with Crippen LogP contribution in [0.15, 0.2) is 24.3 Å². The number of hydrogen-bond acceptors (Lipinski definition) is 5. The summed E-state index contributed by atoms with van der Waals surface area (Å²) in [5.74, 6) is -1.36. The molecule has 3 N–H and O–H groups in total. The van der Waals surface area contributed by atoms with E-state index in [-0.39, 0.29) is 25.9 Å². The van der Waals surface area contributed by atoms with Crippen molar-refractivity contribution < 1.29 is 22.4 Å². The summed E-state index contributed by atoms with van der Waals surface area (Å²) in [4.78, 5) is 24.3. The second-order valence-corrected chi connectivity index (χ2v) is 8.36. The Labute approximate surface area is 146 Å². The maximum atomic E-state index is 12.8. The van der Waals surface area contributed by atoms with E-state index in [0.29, 0.717) is 18.7 Å². The molecule has 0 saturated carbocycles. The SMILES string of the molecule is CS(=O)(=O)C1(C(=O)NCCNC(=O)c2ccc(F)cc2)CCNCC1. The number of carbonyl (C=O) groups is 2. The number of hydrogen-bond donors (Lipinski definition) is 3. The largest absolute Gasteiger partial charge is 0.353 e. The van der Waals surface area contributed by atoms with Gasteiger partial charge in [-0.15, -0.1) is 0 Å². The minimum absolute atomic E-state index is 0.108. The van der Waals surface area contributed by atoms with Gasteiger partial charge in [-0.1, -0.05) is 0 Å². The fourth-order valence-corrected chi connectivity index (χ4v) is 4.17. The average Bonchev–Trinajstić information content (AvgIpc) is 2.58. The number of rotatable bonds is 6. The molecule has 7 nitrogen and oxygen atoms in total. The van der Waals surface area contributed by atoms with Gasteiger partial charge in [-0.05, 0) is 50.2 Å². The lowest BCUT2D eigenvalue weighted by Crippen LogP contribution is -2.57. The lowest BCUT2D eigenvalue weighted by molar-refractivity contribution is -0.124. The molecule has 0 aliphatic carbocycles. The summed E-state index contributed by atoms with van der Waals surface area (Å²) in [6, 6.07) is 5.08. The molecule has 2 rings (SSSR count). The predicted molar refractivity (Wildman–Crippen MR) is 91.4 cm³/mol. The minimum atomic E-state index is -3.56. The van der Waals surface area contributed by atoms with Crippen molar-refractivity contribution in [3.63, 3.8) is 0 Å².